The third kappa shape index (κ3) is 4.54. The van der Waals surface area contributed by atoms with Gasteiger partial charge in [-0.15, -0.1) is 0 Å². The molecule has 1 N–H and O–H groups in total. The fourth-order valence-corrected chi connectivity index (χ4v) is 3.86. The van der Waals surface area contributed by atoms with Crippen molar-refractivity contribution >= 4 is 34.6 Å². The Morgan fingerprint density at radius 3 is 2.66 bits per heavy atom. The summed E-state index contributed by atoms with van der Waals surface area (Å²) in [5, 5.41) is 2.84. The van der Waals surface area contributed by atoms with E-state index in [4.69, 9.17) is 9.73 Å². The summed E-state index contributed by atoms with van der Waals surface area (Å²) in [6.45, 7) is 3.95. The van der Waals surface area contributed by atoms with Crippen molar-refractivity contribution in [2.24, 2.45) is 4.99 Å². The first kappa shape index (κ1) is 21.3. The minimum atomic E-state index is -0.295. The number of nitrogens with one attached hydrogen (secondary N) is 1. The minimum absolute atomic E-state index is 0.108. The van der Waals surface area contributed by atoms with Crippen LogP contribution in [0.1, 0.15) is 23.1 Å². The second-order valence-electron chi connectivity index (χ2n) is 7.80. The van der Waals surface area contributed by atoms with Gasteiger partial charge in [0.15, 0.2) is 0 Å². The summed E-state index contributed by atoms with van der Waals surface area (Å²) in [5.74, 6) is 0.177. The normalized spacial score (nSPS) is 13.2. The molecule has 0 atom stereocenters. The van der Waals surface area contributed by atoms with E-state index in [2.05, 4.69) is 11.4 Å². The number of methoxy groups -OCH3 is 1. The van der Waals surface area contributed by atoms with Crippen LogP contribution in [-0.2, 0) is 9.59 Å². The number of aryl methyl sites for hydroxylation is 2. The van der Waals surface area contributed by atoms with Crippen LogP contribution in [0.15, 0.2) is 71.7 Å². The van der Waals surface area contributed by atoms with Gasteiger partial charge in [-0.1, -0.05) is 42.0 Å². The lowest BCUT2D eigenvalue weighted by Crippen LogP contribution is -2.38. The smallest absolute Gasteiger partial charge is 0.244 e. The number of amides is 2. The number of fused-ring (bicyclic) bond motifs is 1. The highest BCUT2D eigenvalue weighted by Crippen LogP contribution is 2.33. The van der Waals surface area contributed by atoms with Gasteiger partial charge in [-0.3, -0.25) is 14.6 Å². The van der Waals surface area contributed by atoms with E-state index < -0.39 is 0 Å². The molecule has 162 valence electrons. The Balaban J connectivity index is 1.61. The van der Waals surface area contributed by atoms with E-state index in [-0.39, 0.29) is 24.8 Å². The van der Waals surface area contributed by atoms with Crippen LogP contribution in [-0.4, -0.2) is 31.2 Å². The largest absolute Gasteiger partial charge is 0.497 e. The van der Waals surface area contributed by atoms with Crippen LogP contribution < -0.4 is 15.0 Å². The standard InChI is InChI=1S/C26H25N3O3/c1-17-11-12-21(18(2)13-17)23-15-26(31)29(24-10-5-4-9-22(24)28-23)16-25(30)27-19-7-6-8-20(14-19)32-3/h4-14H,15-16H2,1-3H3,(H,27,30). The van der Waals surface area contributed by atoms with E-state index in [1.165, 1.54) is 4.90 Å². The molecule has 0 saturated carbocycles. The number of ether oxygens (including phenoxy) is 1. The summed E-state index contributed by atoms with van der Waals surface area (Å²) < 4.78 is 5.21. The highest BCUT2D eigenvalue weighted by Gasteiger charge is 2.27. The first-order chi connectivity index (χ1) is 15.4. The van der Waals surface area contributed by atoms with Crippen molar-refractivity contribution in [2.75, 3.05) is 23.9 Å². The Hall–Kier alpha value is -3.93. The molecule has 1 aliphatic heterocycles. The van der Waals surface area contributed by atoms with E-state index in [1.54, 1.807) is 31.4 Å². The topological polar surface area (TPSA) is 71.0 Å². The van der Waals surface area contributed by atoms with Gasteiger partial charge in [0.2, 0.25) is 11.8 Å². The number of benzene rings is 3. The van der Waals surface area contributed by atoms with Crippen LogP contribution in [0.5, 0.6) is 5.75 Å². The average molecular weight is 428 g/mol. The molecule has 0 spiro atoms. The highest BCUT2D eigenvalue weighted by molar-refractivity contribution is 6.19. The Labute approximate surface area is 187 Å². The van der Waals surface area contributed by atoms with Gasteiger partial charge in [0.05, 0.1) is 30.6 Å². The molecular weight excluding hydrogens is 402 g/mol. The Morgan fingerprint density at radius 1 is 1.06 bits per heavy atom. The zero-order valence-corrected chi connectivity index (χ0v) is 18.4. The molecule has 3 aromatic carbocycles. The molecule has 0 saturated heterocycles. The van der Waals surface area contributed by atoms with Crippen LogP contribution in [0.4, 0.5) is 17.1 Å². The minimum Gasteiger partial charge on any atom is -0.497 e. The lowest BCUT2D eigenvalue weighted by Gasteiger charge is -2.22. The van der Waals surface area contributed by atoms with Crippen molar-refractivity contribution in [3.8, 4) is 5.75 Å². The van der Waals surface area contributed by atoms with Gasteiger partial charge < -0.3 is 15.0 Å². The van der Waals surface area contributed by atoms with Gasteiger partial charge in [0.25, 0.3) is 0 Å². The molecule has 1 aliphatic rings. The van der Waals surface area contributed by atoms with Crippen LogP contribution in [0.25, 0.3) is 0 Å². The Bertz CT molecular complexity index is 1220. The molecule has 32 heavy (non-hydrogen) atoms. The van der Waals surface area contributed by atoms with E-state index in [9.17, 15) is 9.59 Å². The number of carbonyl (C=O) groups is 2. The van der Waals surface area contributed by atoms with Crippen molar-refractivity contribution in [1.29, 1.82) is 0 Å². The van der Waals surface area contributed by atoms with Crippen molar-refractivity contribution in [1.82, 2.24) is 0 Å². The highest BCUT2D eigenvalue weighted by atomic mass is 16.5. The number of aliphatic imine (C=N–C) groups is 1. The van der Waals surface area contributed by atoms with Crippen molar-refractivity contribution in [2.45, 2.75) is 20.3 Å². The summed E-state index contributed by atoms with van der Waals surface area (Å²) in [4.78, 5) is 32.4. The van der Waals surface area contributed by atoms with Crippen molar-refractivity contribution in [3.05, 3.63) is 83.4 Å². The average Bonchev–Trinajstić information content (AvgIpc) is 2.90. The quantitative estimate of drug-likeness (QED) is 0.635. The lowest BCUT2D eigenvalue weighted by molar-refractivity contribution is -0.120. The maximum absolute atomic E-state index is 13.3. The van der Waals surface area contributed by atoms with Crippen LogP contribution in [0, 0.1) is 13.8 Å². The fourth-order valence-electron chi connectivity index (χ4n) is 3.86. The number of carbonyl (C=O) groups excluding carboxylic acids is 2. The lowest BCUT2D eigenvalue weighted by atomic mass is 9.99. The first-order valence-electron chi connectivity index (χ1n) is 10.4. The van der Waals surface area contributed by atoms with Gasteiger partial charge >= 0.3 is 0 Å². The molecule has 0 aliphatic carbocycles. The van der Waals surface area contributed by atoms with Gasteiger partial charge in [-0.25, -0.2) is 0 Å². The summed E-state index contributed by atoms with van der Waals surface area (Å²) >= 11 is 0. The Morgan fingerprint density at radius 2 is 1.88 bits per heavy atom. The van der Waals surface area contributed by atoms with Crippen LogP contribution in [0.3, 0.4) is 0 Å². The van der Waals surface area contributed by atoms with E-state index in [1.807, 2.05) is 50.2 Å². The fraction of sp³-hybridized carbons (Fsp3) is 0.192. The van der Waals surface area contributed by atoms with Gasteiger partial charge in [0.1, 0.15) is 12.3 Å². The number of rotatable bonds is 5. The maximum atomic E-state index is 13.3. The molecule has 2 amide bonds. The van der Waals surface area contributed by atoms with E-state index >= 15 is 0 Å². The molecule has 1 heterocycles. The number of hydrogen-bond donors (Lipinski definition) is 1. The molecular formula is C26H25N3O3. The molecule has 0 fully saturated rings. The van der Waals surface area contributed by atoms with Crippen LogP contribution >= 0.6 is 0 Å². The zero-order chi connectivity index (χ0) is 22.7. The van der Waals surface area contributed by atoms with E-state index in [0.717, 1.165) is 16.7 Å². The van der Waals surface area contributed by atoms with Crippen molar-refractivity contribution in [3.63, 3.8) is 0 Å². The molecule has 0 bridgehead atoms. The maximum Gasteiger partial charge on any atom is 0.244 e. The predicted molar refractivity (Wildman–Crippen MR) is 127 cm³/mol. The predicted octanol–water partition coefficient (Wildman–Crippen LogP) is 4.81. The monoisotopic (exact) mass is 427 g/mol. The molecule has 3 aromatic rings. The molecule has 4 rings (SSSR count). The van der Waals surface area contributed by atoms with Gasteiger partial charge in [-0.05, 0) is 49.2 Å². The third-order valence-electron chi connectivity index (χ3n) is 5.40. The second-order valence-corrected chi connectivity index (χ2v) is 7.80. The van der Waals surface area contributed by atoms with E-state index in [0.29, 0.717) is 28.5 Å². The van der Waals surface area contributed by atoms with Gasteiger partial charge in [0, 0.05) is 11.8 Å². The summed E-state index contributed by atoms with van der Waals surface area (Å²) in [6, 6.07) is 20.6. The molecule has 6 nitrogen and oxygen atoms in total. The third-order valence-corrected chi connectivity index (χ3v) is 5.40. The first-order valence-corrected chi connectivity index (χ1v) is 10.4. The SMILES string of the molecule is COc1cccc(NC(=O)CN2C(=O)CC(c3ccc(C)cc3C)=Nc3ccccc32)c1. The number of nitrogens with zero attached hydrogens (tertiary/aromatic N) is 2. The summed E-state index contributed by atoms with van der Waals surface area (Å²) in [6.07, 6.45) is 0.116. The van der Waals surface area contributed by atoms with Crippen molar-refractivity contribution < 1.29 is 14.3 Å². The number of para-hydroxylation sites is 2. The Kier molecular flexibility index (Phi) is 6.03. The number of anilines is 2. The molecule has 0 unspecified atom stereocenters. The van der Waals surface area contributed by atoms with Gasteiger partial charge in [-0.2, -0.15) is 0 Å². The zero-order valence-electron chi connectivity index (χ0n) is 18.4. The number of hydrogen-bond acceptors (Lipinski definition) is 4. The second kappa shape index (κ2) is 9.06. The molecule has 0 aromatic heterocycles. The summed E-state index contributed by atoms with van der Waals surface area (Å²) in [7, 11) is 1.57. The molecule has 0 radical (unpaired) electrons. The molecule has 6 heteroatoms. The summed E-state index contributed by atoms with van der Waals surface area (Å²) in [5.41, 5.74) is 5.77. The van der Waals surface area contributed by atoms with Crippen LogP contribution in [0.2, 0.25) is 0 Å².